The molecular weight excluding hydrogens is 392 g/mol. The van der Waals surface area contributed by atoms with Gasteiger partial charge in [-0.25, -0.2) is 4.79 Å². The average Bonchev–Trinajstić information content (AvgIpc) is 2.93. The number of hydrogen-bond acceptors (Lipinski definition) is 4. The number of carbonyl (C=O) groups excluding carboxylic acids is 2. The van der Waals surface area contributed by atoms with Crippen molar-refractivity contribution in [1.29, 1.82) is 0 Å². The molecule has 3 amide bonds. The van der Waals surface area contributed by atoms with E-state index in [1.165, 1.54) is 9.21 Å². The molecule has 3 fully saturated rings. The molecule has 0 unspecified atom stereocenters. The van der Waals surface area contributed by atoms with Crippen LogP contribution in [0.25, 0.3) is 0 Å². The number of imide groups is 1. The van der Waals surface area contributed by atoms with Crippen molar-refractivity contribution in [3.63, 3.8) is 0 Å². The van der Waals surface area contributed by atoms with E-state index in [0.29, 0.717) is 31.8 Å². The van der Waals surface area contributed by atoms with Crippen LogP contribution < -0.4 is 5.32 Å². The van der Waals surface area contributed by atoms with Crippen molar-refractivity contribution in [3.05, 3.63) is 35.9 Å². The second-order valence-corrected chi connectivity index (χ2v) is 10.3. The van der Waals surface area contributed by atoms with E-state index in [9.17, 15) is 18.0 Å². The Balaban J connectivity index is 1.43. The predicted octanol–water partition coefficient (Wildman–Crippen LogP) is 1.55. The van der Waals surface area contributed by atoms with E-state index in [4.69, 9.17) is 0 Å². The van der Waals surface area contributed by atoms with Crippen LogP contribution in [0.3, 0.4) is 0 Å². The summed E-state index contributed by atoms with van der Waals surface area (Å²) >= 11 is 0. The van der Waals surface area contributed by atoms with Crippen LogP contribution in [0.4, 0.5) is 4.79 Å². The summed E-state index contributed by atoms with van der Waals surface area (Å²) in [5, 5.41) is 2.85. The van der Waals surface area contributed by atoms with Gasteiger partial charge in [0.1, 0.15) is 5.54 Å². The molecule has 0 aromatic heterocycles. The molecule has 0 radical (unpaired) electrons. The molecule has 3 saturated heterocycles. The van der Waals surface area contributed by atoms with Crippen LogP contribution in [0.1, 0.15) is 38.2 Å². The Hall–Kier alpha value is -1.97. The quantitative estimate of drug-likeness (QED) is 0.749. The van der Waals surface area contributed by atoms with E-state index < -0.39 is 21.8 Å². The van der Waals surface area contributed by atoms with Gasteiger partial charge in [-0.15, -0.1) is 0 Å². The van der Waals surface area contributed by atoms with Crippen molar-refractivity contribution >= 4 is 22.1 Å². The van der Waals surface area contributed by atoms with E-state index in [1.54, 1.807) is 4.31 Å². The van der Waals surface area contributed by atoms with Crippen molar-refractivity contribution in [2.24, 2.45) is 5.92 Å². The first-order chi connectivity index (χ1) is 13.8. The first kappa shape index (κ1) is 20.3. The van der Waals surface area contributed by atoms with Crippen LogP contribution >= 0.6 is 0 Å². The first-order valence-corrected chi connectivity index (χ1v) is 11.6. The number of hydrogen-bond donors (Lipinski definition) is 1. The van der Waals surface area contributed by atoms with E-state index in [-0.39, 0.29) is 25.5 Å². The van der Waals surface area contributed by atoms with Gasteiger partial charge in [-0.1, -0.05) is 37.3 Å². The molecule has 3 aliphatic rings. The minimum absolute atomic E-state index is 0.223. The van der Waals surface area contributed by atoms with Crippen LogP contribution in [-0.4, -0.2) is 65.6 Å². The predicted molar refractivity (Wildman–Crippen MR) is 108 cm³/mol. The van der Waals surface area contributed by atoms with E-state index in [1.807, 2.05) is 30.3 Å². The van der Waals surface area contributed by atoms with Crippen LogP contribution in [0.5, 0.6) is 0 Å². The van der Waals surface area contributed by atoms with Crippen LogP contribution in [0.15, 0.2) is 30.3 Å². The maximum Gasteiger partial charge on any atom is 0.325 e. The van der Waals surface area contributed by atoms with E-state index in [0.717, 1.165) is 18.4 Å². The van der Waals surface area contributed by atoms with Crippen LogP contribution in [-0.2, 0) is 21.5 Å². The molecule has 9 heteroatoms. The molecule has 1 spiro atoms. The number of urea groups is 1. The Morgan fingerprint density at radius 2 is 1.76 bits per heavy atom. The molecule has 1 atom stereocenters. The lowest BCUT2D eigenvalue weighted by Crippen LogP contribution is -2.58. The number of carbonyl (C=O) groups is 2. The summed E-state index contributed by atoms with van der Waals surface area (Å²) < 4.78 is 29.1. The summed E-state index contributed by atoms with van der Waals surface area (Å²) in [4.78, 5) is 26.8. The van der Waals surface area contributed by atoms with Gasteiger partial charge in [0.2, 0.25) is 0 Å². The molecule has 1 aromatic carbocycles. The van der Waals surface area contributed by atoms with Gasteiger partial charge in [0, 0.05) is 26.2 Å². The Morgan fingerprint density at radius 1 is 1.07 bits per heavy atom. The molecule has 0 saturated carbocycles. The summed E-state index contributed by atoms with van der Waals surface area (Å²) in [6, 6.07) is 8.97. The van der Waals surface area contributed by atoms with Crippen molar-refractivity contribution in [1.82, 2.24) is 18.8 Å². The molecule has 0 bridgehead atoms. The summed E-state index contributed by atoms with van der Waals surface area (Å²) in [6.07, 6.45) is 2.52. The van der Waals surface area contributed by atoms with Gasteiger partial charge < -0.3 is 5.32 Å². The third kappa shape index (κ3) is 3.78. The van der Waals surface area contributed by atoms with Crippen molar-refractivity contribution in [2.75, 3.05) is 26.2 Å². The summed E-state index contributed by atoms with van der Waals surface area (Å²) in [5.41, 5.74) is -0.111. The Bertz CT molecular complexity index is 881. The third-order valence-electron chi connectivity index (χ3n) is 6.28. The van der Waals surface area contributed by atoms with Gasteiger partial charge in [0.05, 0.1) is 6.54 Å². The van der Waals surface area contributed by atoms with Crippen molar-refractivity contribution in [2.45, 2.75) is 44.7 Å². The minimum Gasteiger partial charge on any atom is -0.323 e. The number of piperidine rings is 2. The second-order valence-electron chi connectivity index (χ2n) is 8.40. The highest BCUT2D eigenvalue weighted by atomic mass is 32.2. The molecule has 3 aliphatic heterocycles. The molecule has 1 aromatic rings. The fourth-order valence-corrected chi connectivity index (χ4v) is 6.32. The highest BCUT2D eigenvalue weighted by Crippen LogP contribution is 2.32. The first-order valence-electron chi connectivity index (χ1n) is 10.3. The minimum atomic E-state index is -3.53. The third-order valence-corrected chi connectivity index (χ3v) is 8.28. The molecule has 0 aliphatic carbocycles. The summed E-state index contributed by atoms with van der Waals surface area (Å²) in [5.74, 6) is 0.104. The van der Waals surface area contributed by atoms with Crippen molar-refractivity contribution < 1.29 is 18.0 Å². The molecular formula is C20H28N4O4S. The van der Waals surface area contributed by atoms with Gasteiger partial charge in [0.25, 0.3) is 16.1 Å². The van der Waals surface area contributed by atoms with Crippen molar-refractivity contribution in [3.8, 4) is 0 Å². The maximum absolute atomic E-state index is 13.1. The summed E-state index contributed by atoms with van der Waals surface area (Å²) in [7, 11) is -3.53. The highest BCUT2D eigenvalue weighted by Gasteiger charge is 2.53. The topological polar surface area (TPSA) is 90.0 Å². The Morgan fingerprint density at radius 3 is 2.41 bits per heavy atom. The zero-order chi connectivity index (χ0) is 20.6. The molecule has 8 nitrogen and oxygen atoms in total. The average molecular weight is 421 g/mol. The lowest BCUT2D eigenvalue weighted by atomic mass is 9.88. The molecule has 4 rings (SSSR count). The fraction of sp³-hybridized carbons (Fsp3) is 0.600. The number of nitrogens with zero attached hydrogens (tertiary/aromatic N) is 3. The lowest BCUT2D eigenvalue weighted by molar-refractivity contribution is -0.133. The normalized spacial score (nSPS) is 26.1. The molecule has 29 heavy (non-hydrogen) atoms. The summed E-state index contributed by atoms with van der Waals surface area (Å²) in [6.45, 7) is 3.86. The monoisotopic (exact) mass is 420 g/mol. The molecule has 3 heterocycles. The lowest BCUT2D eigenvalue weighted by Gasteiger charge is -2.40. The zero-order valence-electron chi connectivity index (χ0n) is 16.7. The van der Waals surface area contributed by atoms with Gasteiger partial charge in [-0.3, -0.25) is 9.69 Å². The van der Waals surface area contributed by atoms with Gasteiger partial charge in [-0.05, 0) is 37.2 Å². The maximum atomic E-state index is 13.1. The molecule has 1 N–H and O–H groups in total. The van der Waals surface area contributed by atoms with E-state index in [2.05, 4.69) is 12.2 Å². The Kier molecular flexibility index (Phi) is 5.39. The smallest absolute Gasteiger partial charge is 0.323 e. The zero-order valence-corrected chi connectivity index (χ0v) is 17.5. The fourth-order valence-electron chi connectivity index (χ4n) is 4.54. The number of benzene rings is 1. The van der Waals surface area contributed by atoms with Gasteiger partial charge >= 0.3 is 6.03 Å². The van der Waals surface area contributed by atoms with Gasteiger partial charge in [0.15, 0.2) is 0 Å². The van der Waals surface area contributed by atoms with Crippen LogP contribution in [0.2, 0.25) is 0 Å². The largest absolute Gasteiger partial charge is 0.325 e. The number of rotatable bonds is 4. The number of nitrogens with one attached hydrogen (secondary N) is 1. The SMILES string of the molecule is C[C@@H]1CCCN(S(=O)(=O)N2CCC3(CC2)NC(=O)N(Cc2ccccc2)C3=O)C1. The second kappa shape index (κ2) is 7.70. The number of amides is 3. The molecule has 158 valence electrons. The highest BCUT2D eigenvalue weighted by molar-refractivity contribution is 7.86. The standard InChI is InChI=1S/C20H28N4O4S/c1-16-6-5-11-23(14-16)29(27,28)22-12-9-20(10-13-22)18(25)24(19(26)21-20)15-17-7-3-2-4-8-17/h2-4,7-8,16H,5-6,9-15H2,1H3,(H,21,26)/t16-/m1/s1. The van der Waals surface area contributed by atoms with Gasteiger partial charge in [-0.2, -0.15) is 17.0 Å². The Labute approximate surface area is 172 Å². The van der Waals surface area contributed by atoms with E-state index >= 15 is 0 Å². The van der Waals surface area contributed by atoms with Crippen LogP contribution in [0, 0.1) is 5.92 Å².